The number of aryl methyl sites for hydroxylation is 2. The second-order valence-corrected chi connectivity index (χ2v) is 6.37. The first-order valence-electron chi connectivity index (χ1n) is 6.64. The highest BCUT2D eigenvalue weighted by molar-refractivity contribution is 7.92. The predicted octanol–water partition coefficient (Wildman–Crippen LogP) is 0.997. The lowest BCUT2D eigenvalue weighted by atomic mass is 10.4. The van der Waals surface area contributed by atoms with Crippen LogP contribution >= 0.6 is 0 Å². The summed E-state index contributed by atoms with van der Waals surface area (Å²) in [5.41, 5.74) is 1.26. The molecule has 0 radical (unpaired) electrons. The van der Waals surface area contributed by atoms with Crippen molar-refractivity contribution in [1.82, 2.24) is 20.1 Å². The summed E-state index contributed by atoms with van der Waals surface area (Å²) < 4.78 is 28.6. The van der Waals surface area contributed by atoms with E-state index in [4.69, 9.17) is 0 Å². The van der Waals surface area contributed by atoms with Gasteiger partial charge in [-0.1, -0.05) is 0 Å². The molecule has 0 bridgehead atoms. The second kappa shape index (κ2) is 6.68. The zero-order valence-electron chi connectivity index (χ0n) is 12.1. The SMILES string of the molecule is CNCCCn1cc(S(=O)(=O)Nc2ccc(C)nc2)cn1. The van der Waals surface area contributed by atoms with Gasteiger partial charge in [0, 0.05) is 18.4 Å². The summed E-state index contributed by atoms with van der Waals surface area (Å²) in [5.74, 6) is 0. The summed E-state index contributed by atoms with van der Waals surface area (Å²) in [6, 6.07) is 3.43. The maximum absolute atomic E-state index is 12.2. The van der Waals surface area contributed by atoms with Gasteiger partial charge in [0.15, 0.2) is 0 Å². The molecule has 7 nitrogen and oxygen atoms in total. The molecule has 114 valence electrons. The summed E-state index contributed by atoms with van der Waals surface area (Å²) in [4.78, 5) is 4.20. The van der Waals surface area contributed by atoms with Gasteiger partial charge < -0.3 is 5.32 Å². The van der Waals surface area contributed by atoms with Gasteiger partial charge in [-0.3, -0.25) is 14.4 Å². The molecule has 0 fully saturated rings. The van der Waals surface area contributed by atoms with Crippen LogP contribution in [0.3, 0.4) is 0 Å². The average molecular weight is 309 g/mol. The summed E-state index contributed by atoms with van der Waals surface area (Å²) >= 11 is 0. The van der Waals surface area contributed by atoms with E-state index in [0.29, 0.717) is 12.2 Å². The average Bonchev–Trinajstić information content (AvgIpc) is 2.91. The lowest BCUT2D eigenvalue weighted by Crippen LogP contribution is -2.13. The van der Waals surface area contributed by atoms with Gasteiger partial charge in [-0.15, -0.1) is 0 Å². The monoisotopic (exact) mass is 309 g/mol. The largest absolute Gasteiger partial charge is 0.320 e. The van der Waals surface area contributed by atoms with Crippen LogP contribution < -0.4 is 10.0 Å². The fourth-order valence-corrected chi connectivity index (χ4v) is 2.76. The van der Waals surface area contributed by atoms with Crippen molar-refractivity contribution in [1.29, 1.82) is 0 Å². The smallest absolute Gasteiger partial charge is 0.265 e. The van der Waals surface area contributed by atoms with Crippen LogP contribution in [-0.4, -0.2) is 36.8 Å². The van der Waals surface area contributed by atoms with E-state index in [0.717, 1.165) is 18.7 Å². The van der Waals surface area contributed by atoms with Crippen LogP contribution in [0.1, 0.15) is 12.1 Å². The normalized spacial score (nSPS) is 11.5. The van der Waals surface area contributed by atoms with Crippen LogP contribution in [0, 0.1) is 6.92 Å². The van der Waals surface area contributed by atoms with Gasteiger partial charge in [-0.05, 0) is 39.1 Å². The molecule has 2 heterocycles. The first-order chi connectivity index (χ1) is 10.0. The molecule has 2 aromatic rings. The maximum Gasteiger partial charge on any atom is 0.265 e. The van der Waals surface area contributed by atoms with Crippen LogP contribution in [0.15, 0.2) is 35.6 Å². The Bertz CT molecular complexity index is 679. The number of nitrogens with zero attached hydrogens (tertiary/aromatic N) is 3. The Labute approximate surface area is 124 Å². The molecule has 0 aliphatic heterocycles. The Balaban J connectivity index is 2.07. The molecule has 0 aliphatic carbocycles. The molecule has 0 atom stereocenters. The lowest BCUT2D eigenvalue weighted by Gasteiger charge is -2.05. The zero-order chi connectivity index (χ0) is 15.3. The first kappa shape index (κ1) is 15.5. The van der Waals surface area contributed by atoms with Gasteiger partial charge in [0.05, 0.1) is 18.1 Å². The Hall–Kier alpha value is -1.93. The summed E-state index contributed by atoms with van der Waals surface area (Å²) in [7, 11) is -1.75. The molecule has 2 aromatic heterocycles. The molecule has 0 saturated heterocycles. The van der Waals surface area contributed by atoms with E-state index >= 15 is 0 Å². The molecule has 0 aliphatic rings. The number of nitrogens with one attached hydrogen (secondary N) is 2. The van der Waals surface area contributed by atoms with E-state index in [1.165, 1.54) is 18.6 Å². The van der Waals surface area contributed by atoms with Crippen LogP contribution in [0.2, 0.25) is 0 Å². The molecule has 0 aromatic carbocycles. The fraction of sp³-hybridized carbons (Fsp3) is 0.385. The van der Waals surface area contributed by atoms with E-state index in [9.17, 15) is 8.42 Å². The topological polar surface area (TPSA) is 88.9 Å². The van der Waals surface area contributed by atoms with E-state index in [1.54, 1.807) is 16.8 Å². The van der Waals surface area contributed by atoms with Gasteiger partial charge in [-0.25, -0.2) is 8.42 Å². The van der Waals surface area contributed by atoms with Crippen molar-refractivity contribution in [2.45, 2.75) is 24.8 Å². The number of anilines is 1. The van der Waals surface area contributed by atoms with E-state index in [-0.39, 0.29) is 4.90 Å². The van der Waals surface area contributed by atoms with Gasteiger partial charge in [0.25, 0.3) is 10.0 Å². The van der Waals surface area contributed by atoms with E-state index in [1.807, 2.05) is 14.0 Å². The summed E-state index contributed by atoms with van der Waals surface area (Å²) in [6.45, 7) is 3.37. The Morgan fingerprint density at radius 1 is 1.29 bits per heavy atom. The van der Waals surface area contributed by atoms with Crippen molar-refractivity contribution in [3.63, 3.8) is 0 Å². The molecule has 0 amide bonds. The van der Waals surface area contributed by atoms with Gasteiger partial charge in [0.2, 0.25) is 0 Å². The Morgan fingerprint density at radius 2 is 2.10 bits per heavy atom. The van der Waals surface area contributed by atoms with Crippen molar-refractivity contribution < 1.29 is 8.42 Å². The Kier molecular flexibility index (Phi) is 4.92. The number of rotatable bonds is 7. The number of hydrogen-bond acceptors (Lipinski definition) is 5. The van der Waals surface area contributed by atoms with Crippen molar-refractivity contribution in [2.75, 3.05) is 18.3 Å². The highest BCUT2D eigenvalue weighted by Crippen LogP contribution is 2.14. The summed E-state index contributed by atoms with van der Waals surface area (Å²) in [6.07, 6.45) is 5.25. The predicted molar refractivity (Wildman–Crippen MR) is 80.6 cm³/mol. The second-order valence-electron chi connectivity index (χ2n) is 4.69. The third-order valence-electron chi connectivity index (χ3n) is 2.90. The Morgan fingerprint density at radius 3 is 2.76 bits per heavy atom. The van der Waals surface area contributed by atoms with Gasteiger partial charge >= 0.3 is 0 Å². The minimum atomic E-state index is -3.62. The van der Waals surface area contributed by atoms with E-state index < -0.39 is 10.0 Å². The maximum atomic E-state index is 12.2. The zero-order valence-corrected chi connectivity index (χ0v) is 12.9. The molecular weight excluding hydrogens is 290 g/mol. The van der Waals surface area contributed by atoms with Crippen molar-refractivity contribution in [2.24, 2.45) is 0 Å². The first-order valence-corrected chi connectivity index (χ1v) is 8.12. The number of hydrogen-bond donors (Lipinski definition) is 2. The number of pyridine rings is 1. The lowest BCUT2D eigenvalue weighted by molar-refractivity contribution is 0.561. The molecule has 0 unspecified atom stereocenters. The number of sulfonamides is 1. The quantitative estimate of drug-likeness (QED) is 0.745. The molecule has 2 rings (SSSR count). The molecule has 21 heavy (non-hydrogen) atoms. The molecule has 8 heteroatoms. The minimum absolute atomic E-state index is 0.146. The third kappa shape index (κ3) is 4.27. The highest BCUT2D eigenvalue weighted by atomic mass is 32.2. The van der Waals surface area contributed by atoms with E-state index in [2.05, 4.69) is 20.1 Å². The van der Waals surface area contributed by atoms with Crippen LogP contribution in [0.5, 0.6) is 0 Å². The van der Waals surface area contributed by atoms with Crippen LogP contribution in [0.25, 0.3) is 0 Å². The molecule has 2 N–H and O–H groups in total. The molecule has 0 saturated carbocycles. The molecule has 0 spiro atoms. The fourth-order valence-electron chi connectivity index (χ4n) is 1.77. The van der Waals surface area contributed by atoms with Gasteiger partial charge in [-0.2, -0.15) is 5.10 Å². The van der Waals surface area contributed by atoms with Crippen molar-refractivity contribution in [3.8, 4) is 0 Å². The molecular formula is C13H19N5O2S. The van der Waals surface area contributed by atoms with Crippen LogP contribution in [0.4, 0.5) is 5.69 Å². The minimum Gasteiger partial charge on any atom is -0.320 e. The summed E-state index contributed by atoms with van der Waals surface area (Å²) in [5, 5.41) is 7.10. The van der Waals surface area contributed by atoms with Crippen molar-refractivity contribution >= 4 is 15.7 Å². The number of aromatic nitrogens is 3. The third-order valence-corrected chi connectivity index (χ3v) is 4.23. The van der Waals surface area contributed by atoms with Crippen molar-refractivity contribution in [3.05, 3.63) is 36.4 Å². The van der Waals surface area contributed by atoms with Crippen LogP contribution in [-0.2, 0) is 16.6 Å². The highest BCUT2D eigenvalue weighted by Gasteiger charge is 2.16. The van der Waals surface area contributed by atoms with Gasteiger partial charge in [0.1, 0.15) is 4.90 Å². The standard InChI is InChI=1S/C13H19N5O2S/c1-11-4-5-12(8-15-11)17-21(19,20)13-9-16-18(10-13)7-3-6-14-2/h4-5,8-10,14,17H,3,6-7H2,1-2H3.